The molecule has 2 amide bonds. The van der Waals surface area contributed by atoms with Crippen molar-refractivity contribution in [3.8, 4) is 5.75 Å². The van der Waals surface area contributed by atoms with E-state index in [4.69, 9.17) is 4.74 Å². The molecule has 1 fully saturated rings. The first kappa shape index (κ1) is 20.3. The number of amides is 2. The molecule has 0 radical (unpaired) electrons. The second kappa shape index (κ2) is 9.64. The topological polar surface area (TPSA) is 58.6 Å². The number of nitrogens with one attached hydrogen (secondary N) is 1. The highest BCUT2D eigenvalue weighted by Gasteiger charge is 2.32. The van der Waals surface area contributed by atoms with E-state index < -0.39 is 0 Å². The van der Waals surface area contributed by atoms with Crippen LogP contribution in [0.2, 0.25) is 0 Å². The molecule has 1 N–H and O–H groups in total. The summed E-state index contributed by atoms with van der Waals surface area (Å²) >= 11 is 1.68. The Bertz CT molecular complexity index is 823. The van der Waals surface area contributed by atoms with Gasteiger partial charge in [0, 0.05) is 25.2 Å². The molecule has 1 aliphatic rings. The van der Waals surface area contributed by atoms with E-state index in [1.165, 1.54) is 18.1 Å². The zero-order chi connectivity index (χ0) is 19.9. The van der Waals surface area contributed by atoms with Crippen LogP contribution in [-0.2, 0) is 16.0 Å². The van der Waals surface area contributed by atoms with Crippen LogP contribution < -0.4 is 10.1 Å². The van der Waals surface area contributed by atoms with Crippen molar-refractivity contribution in [3.63, 3.8) is 0 Å². The number of anilines is 1. The monoisotopic (exact) mass is 398 g/mol. The van der Waals surface area contributed by atoms with Gasteiger partial charge in [0.25, 0.3) is 0 Å². The van der Waals surface area contributed by atoms with Gasteiger partial charge in [-0.05, 0) is 36.1 Å². The molecular formula is C22H26N2O3S. The summed E-state index contributed by atoms with van der Waals surface area (Å²) < 4.78 is 5.80. The predicted octanol–water partition coefficient (Wildman–Crippen LogP) is 4.25. The fourth-order valence-corrected chi connectivity index (χ4v) is 4.40. The van der Waals surface area contributed by atoms with Crippen LogP contribution in [0.15, 0.2) is 48.5 Å². The summed E-state index contributed by atoms with van der Waals surface area (Å²) in [4.78, 5) is 25.4. The van der Waals surface area contributed by atoms with E-state index in [1.54, 1.807) is 17.8 Å². The van der Waals surface area contributed by atoms with E-state index in [9.17, 15) is 9.59 Å². The van der Waals surface area contributed by atoms with Crippen molar-refractivity contribution in [1.82, 2.24) is 4.90 Å². The minimum atomic E-state index is -0.111. The number of thioether (sulfide) groups is 1. The normalized spacial score (nSPS) is 16.3. The molecule has 148 valence electrons. The first-order valence-electron chi connectivity index (χ1n) is 9.57. The van der Waals surface area contributed by atoms with Gasteiger partial charge in [-0.1, -0.05) is 37.3 Å². The molecular weight excluding hydrogens is 372 g/mol. The smallest absolute Gasteiger partial charge is 0.233 e. The maximum Gasteiger partial charge on any atom is 0.233 e. The van der Waals surface area contributed by atoms with Gasteiger partial charge >= 0.3 is 0 Å². The summed E-state index contributed by atoms with van der Waals surface area (Å²) in [6.45, 7) is 4.79. The number of hydrogen-bond acceptors (Lipinski definition) is 4. The Morgan fingerprint density at radius 2 is 2.04 bits per heavy atom. The van der Waals surface area contributed by atoms with Crippen molar-refractivity contribution < 1.29 is 14.3 Å². The summed E-state index contributed by atoms with van der Waals surface area (Å²) in [5.41, 5.74) is 3.20. The van der Waals surface area contributed by atoms with Crippen LogP contribution in [0.3, 0.4) is 0 Å². The van der Waals surface area contributed by atoms with Crippen molar-refractivity contribution in [2.24, 2.45) is 0 Å². The van der Waals surface area contributed by atoms with Gasteiger partial charge in [0.05, 0.1) is 12.4 Å². The molecule has 2 aromatic carbocycles. The minimum absolute atomic E-state index is 0.0847. The van der Waals surface area contributed by atoms with Crippen molar-refractivity contribution >= 4 is 29.3 Å². The Hall–Kier alpha value is -2.47. The number of nitrogens with zero attached hydrogens (tertiary/aromatic N) is 1. The van der Waals surface area contributed by atoms with E-state index >= 15 is 0 Å². The van der Waals surface area contributed by atoms with Crippen molar-refractivity contribution in [3.05, 3.63) is 59.7 Å². The summed E-state index contributed by atoms with van der Waals surface area (Å²) in [7, 11) is 0. The SMILES string of the molecule is CCc1ccc(C2SCC(=O)N2CCCOc2cccc(NC(C)=O)c2)cc1. The molecule has 1 heterocycles. The van der Waals surface area contributed by atoms with Gasteiger partial charge in [-0.3, -0.25) is 9.59 Å². The molecule has 1 atom stereocenters. The highest BCUT2D eigenvalue weighted by Crippen LogP contribution is 2.38. The second-order valence-corrected chi connectivity index (χ2v) is 7.83. The molecule has 6 heteroatoms. The molecule has 0 aliphatic carbocycles. The molecule has 1 saturated heterocycles. The molecule has 0 aromatic heterocycles. The Balaban J connectivity index is 1.52. The van der Waals surface area contributed by atoms with Crippen molar-refractivity contribution in [1.29, 1.82) is 0 Å². The zero-order valence-electron chi connectivity index (χ0n) is 16.3. The summed E-state index contributed by atoms with van der Waals surface area (Å²) in [5, 5.41) is 2.83. The third-order valence-corrected chi connectivity index (χ3v) is 5.86. The first-order chi connectivity index (χ1) is 13.6. The van der Waals surface area contributed by atoms with Crippen LogP contribution >= 0.6 is 11.8 Å². The number of carbonyl (C=O) groups is 2. The maximum atomic E-state index is 12.3. The molecule has 1 aliphatic heterocycles. The lowest BCUT2D eigenvalue weighted by molar-refractivity contribution is -0.128. The number of ether oxygens (including phenoxy) is 1. The Morgan fingerprint density at radius 1 is 1.25 bits per heavy atom. The molecule has 0 saturated carbocycles. The highest BCUT2D eigenvalue weighted by molar-refractivity contribution is 8.00. The van der Waals surface area contributed by atoms with E-state index in [2.05, 4.69) is 36.5 Å². The second-order valence-electron chi connectivity index (χ2n) is 6.76. The van der Waals surface area contributed by atoms with Gasteiger partial charge in [-0.25, -0.2) is 0 Å². The van der Waals surface area contributed by atoms with Gasteiger partial charge in [0.1, 0.15) is 11.1 Å². The summed E-state index contributed by atoms with van der Waals surface area (Å²) in [5.74, 6) is 1.31. The number of aryl methyl sites for hydroxylation is 1. The Labute approximate surface area is 170 Å². The lowest BCUT2D eigenvalue weighted by Gasteiger charge is -2.24. The highest BCUT2D eigenvalue weighted by atomic mass is 32.2. The molecule has 3 rings (SSSR count). The predicted molar refractivity (Wildman–Crippen MR) is 114 cm³/mol. The lowest BCUT2D eigenvalue weighted by Crippen LogP contribution is -2.30. The maximum absolute atomic E-state index is 12.3. The van der Waals surface area contributed by atoms with Crippen molar-refractivity contribution in [2.75, 3.05) is 24.2 Å². The molecule has 1 unspecified atom stereocenters. The van der Waals surface area contributed by atoms with Gasteiger partial charge in [0.2, 0.25) is 11.8 Å². The summed E-state index contributed by atoms with van der Waals surface area (Å²) in [6.07, 6.45) is 1.77. The van der Waals surface area contributed by atoms with Crippen LogP contribution in [0.1, 0.15) is 36.8 Å². The molecule has 28 heavy (non-hydrogen) atoms. The third-order valence-electron chi connectivity index (χ3n) is 4.61. The quantitative estimate of drug-likeness (QED) is 0.676. The molecule has 5 nitrogen and oxygen atoms in total. The minimum Gasteiger partial charge on any atom is -0.493 e. The van der Waals surface area contributed by atoms with Crippen LogP contribution in [0.25, 0.3) is 0 Å². The lowest BCUT2D eigenvalue weighted by atomic mass is 10.1. The number of benzene rings is 2. The number of hydrogen-bond donors (Lipinski definition) is 1. The van der Waals surface area contributed by atoms with Gasteiger partial charge in [-0.15, -0.1) is 11.8 Å². The average Bonchev–Trinajstić information content (AvgIpc) is 3.05. The third kappa shape index (κ3) is 5.29. The van der Waals surface area contributed by atoms with Gasteiger partial charge in [-0.2, -0.15) is 0 Å². The van der Waals surface area contributed by atoms with E-state index in [-0.39, 0.29) is 17.2 Å². The van der Waals surface area contributed by atoms with Gasteiger partial charge in [0.15, 0.2) is 0 Å². The Kier molecular flexibility index (Phi) is 6.98. The average molecular weight is 399 g/mol. The molecule has 0 bridgehead atoms. The van der Waals surface area contributed by atoms with E-state index in [0.29, 0.717) is 30.3 Å². The summed E-state index contributed by atoms with van der Waals surface area (Å²) in [6, 6.07) is 15.9. The zero-order valence-corrected chi connectivity index (χ0v) is 17.1. The van der Waals surface area contributed by atoms with E-state index in [1.807, 2.05) is 23.1 Å². The molecule has 2 aromatic rings. The van der Waals surface area contributed by atoms with Crippen molar-refractivity contribution in [2.45, 2.75) is 32.1 Å². The largest absolute Gasteiger partial charge is 0.493 e. The van der Waals surface area contributed by atoms with Crippen LogP contribution in [0, 0.1) is 0 Å². The molecule has 0 spiro atoms. The van der Waals surface area contributed by atoms with Crippen LogP contribution in [-0.4, -0.2) is 35.6 Å². The standard InChI is InChI=1S/C22H26N2O3S/c1-3-17-8-10-18(11-9-17)22-24(21(26)15-28-22)12-5-13-27-20-7-4-6-19(14-20)23-16(2)25/h4,6-11,14,22H,3,5,12-13,15H2,1-2H3,(H,23,25). The van der Waals surface area contributed by atoms with E-state index in [0.717, 1.165) is 12.8 Å². The Morgan fingerprint density at radius 3 is 2.75 bits per heavy atom. The van der Waals surface area contributed by atoms with Gasteiger partial charge < -0.3 is 15.0 Å². The van der Waals surface area contributed by atoms with Crippen LogP contribution in [0.5, 0.6) is 5.75 Å². The van der Waals surface area contributed by atoms with Crippen LogP contribution in [0.4, 0.5) is 5.69 Å². The number of carbonyl (C=O) groups excluding carboxylic acids is 2. The first-order valence-corrected chi connectivity index (χ1v) is 10.6. The fraction of sp³-hybridized carbons (Fsp3) is 0.364. The number of rotatable bonds is 8. The fourth-order valence-electron chi connectivity index (χ4n) is 3.18.